The van der Waals surface area contributed by atoms with Gasteiger partial charge in [0.1, 0.15) is 0 Å². The van der Waals surface area contributed by atoms with Crippen LogP contribution >= 0.6 is 23.4 Å². The van der Waals surface area contributed by atoms with E-state index < -0.39 is 29.3 Å². The zero-order valence-electron chi connectivity index (χ0n) is 12.4. The first kappa shape index (κ1) is 17.0. The van der Waals surface area contributed by atoms with Crippen LogP contribution in [0.15, 0.2) is 23.1 Å². The fourth-order valence-electron chi connectivity index (χ4n) is 2.70. The lowest BCUT2D eigenvalue weighted by molar-refractivity contribution is -0.150. The molecule has 9 heteroatoms. The molecule has 0 radical (unpaired) electrons. The molecule has 0 aromatic heterocycles. The second kappa shape index (κ2) is 6.25. The van der Waals surface area contributed by atoms with E-state index in [1.54, 1.807) is 18.2 Å². The van der Waals surface area contributed by atoms with E-state index in [-0.39, 0.29) is 25.3 Å². The summed E-state index contributed by atoms with van der Waals surface area (Å²) in [5.41, 5.74) is -1.81. The number of benzene rings is 1. The summed E-state index contributed by atoms with van der Waals surface area (Å²) in [5.74, 6) is -2.32. The molecule has 1 aromatic carbocycles. The van der Waals surface area contributed by atoms with Gasteiger partial charge in [-0.1, -0.05) is 11.6 Å². The summed E-state index contributed by atoms with van der Waals surface area (Å²) >= 11 is 7.12. The van der Waals surface area contributed by atoms with E-state index >= 15 is 0 Å². The van der Waals surface area contributed by atoms with Crippen LogP contribution in [0.4, 0.5) is 10.1 Å². The van der Waals surface area contributed by atoms with Crippen molar-refractivity contribution in [2.75, 3.05) is 18.4 Å². The molecule has 2 atom stereocenters. The molecule has 2 N–H and O–H groups in total. The number of alkyl halides is 1. The topological polar surface area (TPSA) is 86.7 Å². The minimum atomic E-state index is -2.40. The molecule has 1 fully saturated rings. The average molecular weight is 373 g/mol. The Morgan fingerprint density at radius 2 is 2.25 bits per heavy atom. The van der Waals surface area contributed by atoms with Gasteiger partial charge in [0.2, 0.25) is 17.5 Å². The van der Waals surface area contributed by atoms with E-state index in [1.807, 2.05) is 0 Å². The molecular formula is C15H14ClFN2O4S. The number of thioether (sulfide) groups is 1. The van der Waals surface area contributed by atoms with Crippen molar-refractivity contribution in [1.82, 2.24) is 4.90 Å². The number of hydrogen-bond donors (Lipinski definition) is 2. The number of halogens is 2. The number of hydrogen-bond acceptors (Lipinski definition) is 4. The third-order valence-corrected chi connectivity index (χ3v) is 5.59. The Morgan fingerprint density at radius 1 is 1.50 bits per heavy atom. The van der Waals surface area contributed by atoms with Crippen molar-refractivity contribution in [3.63, 3.8) is 0 Å². The van der Waals surface area contributed by atoms with Crippen LogP contribution in [0.1, 0.15) is 12.8 Å². The number of likely N-dealkylation sites (tertiary alicyclic amines) is 1. The largest absolute Gasteiger partial charge is 0.479 e. The van der Waals surface area contributed by atoms with Gasteiger partial charge in [-0.25, -0.2) is 9.18 Å². The van der Waals surface area contributed by atoms with Gasteiger partial charge in [-0.15, -0.1) is 11.8 Å². The standard InChI is InChI=1S/C15H14ClFN2O4S/c16-8-1-2-10-9(5-8)18-13(21)11(24-10)6-12(20)19-4-3-15(17,7-19)14(22)23/h1-2,5,11H,3-4,6-7H2,(H,18,21)(H,22,23). The summed E-state index contributed by atoms with van der Waals surface area (Å²) in [6.45, 7) is -0.445. The predicted molar refractivity (Wildman–Crippen MR) is 87.0 cm³/mol. The fourth-order valence-corrected chi connectivity index (χ4v) is 3.96. The normalized spacial score (nSPS) is 26.0. The van der Waals surface area contributed by atoms with E-state index in [1.165, 1.54) is 16.7 Å². The summed E-state index contributed by atoms with van der Waals surface area (Å²) in [7, 11) is 0. The van der Waals surface area contributed by atoms with Crippen molar-refractivity contribution in [2.24, 2.45) is 0 Å². The van der Waals surface area contributed by atoms with Crippen molar-refractivity contribution in [1.29, 1.82) is 0 Å². The summed E-state index contributed by atoms with van der Waals surface area (Å²) < 4.78 is 14.0. The van der Waals surface area contributed by atoms with Crippen LogP contribution in [-0.2, 0) is 14.4 Å². The number of amides is 2. The summed E-state index contributed by atoms with van der Waals surface area (Å²) in [4.78, 5) is 37.3. The number of nitrogens with one attached hydrogen (secondary N) is 1. The van der Waals surface area contributed by atoms with Gasteiger partial charge in [0.15, 0.2) is 0 Å². The van der Waals surface area contributed by atoms with Gasteiger partial charge in [0, 0.05) is 29.3 Å². The van der Waals surface area contributed by atoms with E-state index in [0.717, 1.165) is 4.90 Å². The highest BCUT2D eigenvalue weighted by Crippen LogP contribution is 2.38. The van der Waals surface area contributed by atoms with Crippen LogP contribution < -0.4 is 5.32 Å². The van der Waals surface area contributed by atoms with Crippen LogP contribution in [0.25, 0.3) is 0 Å². The SMILES string of the molecule is O=C1Nc2cc(Cl)ccc2SC1CC(=O)N1CCC(F)(C(=O)O)C1. The van der Waals surface area contributed by atoms with Crippen molar-refractivity contribution >= 4 is 46.8 Å². The van der Waals surface area contributed by atoms with Crippen molar-refractivity contribution < 1.29 is 23.9 Å². The maximum Gasteiger partial charge on any atom is 0.343 e. The fraction of sp³-hybridized carbons (Fsp3) is 0.400. The lowest BCUT2D eigenvalue weighted by Crippen LogP contribution is -2.40. The molecule has 0 saturated carbocycles. The van der Waals surface area contributed by atoms with E-state index in [4.69, 9.17) is 16.7 Å². The minimum absolute atomic E-state index is 0.0346. The number of aliphatic carboxylic acids is 1. The molecule has 6 nitrogen and oxygen atoms in total. The van der Waals surface area contributed by atoms with Crippen LogP contribution in [-0.4, -0.2) is 51.8 Å². The Hall–Kier alpha value is -1.80. The van der Waals surface area contributed by atoms with Gasteiger partial charge in [-0.2, -0.15) is 0 Å². The number of carbonyl (C=O) groups is 3. The first-order valence-electron chi connectivity index (χ1n) is 7.26. The van der Waals surface area contributed by atoms with Crippen LogP contribution in [0.5, 0.6) is 0 Å². The average Bonchev–Trinajstić information content (AvgIpc) is 2.92. The number of carboxylic acid groups (broad SMARTS) is 1. The van der Waals surface area contributed by atoms with Gasteiger partial charge >= 0.3 is 5.97 Å². The highest BCUT2D eigenvalue weighted by atomic mass is 35.5. The third kappa shape index (κ3) is 3.21. The van der Waals surface area contributed by atoms with Crippen molar-refractivity contribution in [3.05, 3.63) is 23.2 Å². The molecule has 1 saturated heterocycles. The Bertz CT molecular complexity index is 731. The van der Waals surface area contributed by atoms with E-state index in [2.05, 4.69) is 5.32 Å². The monoisotopic (exact) mass is 372 g/mol. The Morgan fingerprint density at radius 3 is 2.92 bits per heavy atom. The van der Waals surface area contributed by atoms with Crippen LogP contribution in [0.2, 0.25) is 5.02 Å². The first-order chi connectivity index (χ1) is 11.3. The minimum Gasteiger partial charge on any atom is -0.479 e. The molecule has 3 rings (SSSR count). The summed E-state index contributed by atoms with van der Waals surface area (Å²) in [6, 6.07) is 5.07. The second-order valence-corrected chi connectivity index (χ2v) is 7.46. The Kier molecular flexibility index (Phi) is 4.44. The lowest BCUT2D eigenvalue weighted by Gasteiger charge is -2.25. The molecular weight excluding hydrogens is 359 g/mol. The molecule has 2 amide bonds. The first-order valence-corrected chi connectivity index (χ1v) is 8.51. The third-order valence-electron chi connectivity index (χ3n) is 4.08. The molecule has 0 bridgehead atoms. The lowest BCUT2D eigenvalue weighted by atomic mass is 10.1. The van der Waals surface area contributed by atoms with Crippen molar-refractivity contribution in [3.8, 4) is 0 Å². The van der Waals surface area contributed by atoms with Gasteiger partial charge in [0.25, 0.3) is 0 Å². The number of rotatable bonds is 3. The second-order valence-electron chi connectivity index (χ2n) is 5.78. The molecule has 128 valence electrons. The molecule has 2 heterocycles. The molecule has 0 spiro atoms. The van der Waals surface area contributed by atoms with E-state index in [9.17, 15) is 18.8 Å². The smallest absolute Gasteiger partial charge is 0.343 e. The number of anilines is 1. The highest BCUT2D eigenvalue weighted by molar-refractivity contribution is 8.01. The zero-order valence-corrected chi connectivity index (χ0v) is 14.0. The van der Waals surface area contributed by atoms with Crippen molar-refractivity contribution in [2.45, 2.75) is 28.7 Å². The molecule has 0 aliphatic carbocycles. The Balaban J connectivity index is 1.66. The maximum atomic E-state index is 14.0. The van der Waals surface area contributed by atoms with Crippen LogP contribution in [0.3, 0.4) is 0 Å². The van der Waals surface area contributed by atoms with Gasteiger partial charge in [-0.05, 0) is 18.2 Å². The zero-order chi connectivity index (χ0) is 17.5. The molecule has 2 unspecified atom stereocenters. The number of carbonyl (C=O) groups excluding carboxylic acids is 2. The number of fused-ring (bicyclic) bond motifs is 1. The van der Waals surface area contributed by atoms with E-state index in [0.29, 0.717) is 10.7 Å². The summed E-state index contributed by atoms with van der Waals surface area (Å²) in [6.07, 6.45) is -0.353. The number of carboxylic acids is 1. The Labute approximate surface area is 146 Å². The van der Waals surface area contributed by atoms with Gasteiger partial charge in [0.05, 0.1) is 17.5 Å². The van der Waals surface area contributed by atoms with Crippen LogP contribution in [0, 0.1) is 0 Å². The van der Waals surface area contributed by atoms with Gasteiger partial charge < -0.3 is 15.3 Å². The molecule has 1 aromatic rings. The predicted octanol–water partition coefficient (Wildman–Crippen LogP) is 2.17. The summed E-state index contributed by atoms with van der Waals surface area (Å²) in [5, 5.41) is 11.4. The maximum absolute atomic E-state index is 14.0. The molecule has 2 aliphatic rings. The molecule has 2 aliphatic heterocycles. The van der Waals surface area contributed by atoms with Gasteiger partial charge in [-0.3, -0.25) is 9.59 Å². The quantitative estimate of drug-likeness (QED) is 0.849. The molecule has 24 heavy (non-hydrogen) atoms. The number of nitrogens with zero attached hydrogens (tertiary/aromatic N) is 1. The highest BCUT2D eigenvalue weighted by Gasteiger charge is 2.47.